The fourth-order valence-electron chi connectivity index (χ4n) is 2.22. The van der Waals surface area contributed by atoms with Crippen LogP contribution in [0.1, 0.15) is 20.3 Å². The van der Waals surface area contributed by atoms with Crippen molar-refractivity contribution in [2.75, 3.05) is 18.0 Å². The van der Waals surface area contributed by atoms with Gasteiger partial charge in [0.2, 0.25) is 0 Å². The van der Waals surface area contributed by atoms with Crippen molar-refractivity contribution < 1.29 is 0 Å². The molecule has 1 saturated heterocycles. The fraction of sp³-hybridized carbons (Fsp3) is 0.538. The van der Waals surface area contributed by atoms with Crippen LogP contribution >= 0.6 is 15.9 Å². The second kappa shape index (κ2) is 5.19. The van der Waals surface area contributed by atoms with Gasteiger partial charge < -0.3 is 10.2 Å². The summed E-state index contributed by atoms with van der Waals surface area (Å²) in [4.78, 5) is 2.50. The van der Waals surface area contributed by atoms with E-state index in [1.54, 1.807) is 0 Å². The van der Waals surface area contributed by atoms with Crippen molar-refractivity contribution in [3.8, 4) is 0 Å². The van der Waals surface area contributed by atoms with Crippen molar-refractivity contribution in [2.24, 2.45) is 0 Å². The van der Waals surface area contributed by atoms with E-state index in [-0.39, 0.29) is 0 Å². The molecule has 1 fully saturated rings. The summed E-state index contributed by atoms with van der Waals surface area (Å²) in [5.41, 5.74) is 1.32. The van der Waals surface area contributed by atoms with E-state index in [0.29, 0.717) is 12.1 Å². The molecule has 1 N–H and O–H groups in total. The lowest BCUT2D eigenvalue weighted by atomic mass is 10.1. The van der Waals surface area contributed by atoms with E-state index in [2.05, 4.69) is 64.3 Å². The molecule has 3 heteroatoms. The molecule has 0 bridgehead atoms. The fourth-order valence-corrected chi connectivity index (χ4v) is 2.60. The number of anilines is 1. The molecule has 88 valence electrons. The number of halogens is 1. The lowest BCUT2D eigenvalue weighted by Gasteiger charge is -2.40. The van der Waals surface area contributed by atoms with E-state index in [9.17, 15) is 0 Å². The summed E-state index contributed by atoms with van der Waals surface area (Å²) in [7, 11) is 0. The van der Waals surface area contributed by atoms with Crippen molar-refractivity contribution >= 4 is 21.6 Å². The smallest absolute Gasteiger partial charge is 0.0387 e. The highest BCUT2D eigenvalue weighted by Crippen LogP contribution is 2.23. The van der Waals surface area contributed by atoms with Crippen LogP contribution in [0.15, 0.2) is 28.7 Å². The lowest BCUT2D eigenvalue weighted by molar-refractivity contribution is 0.397. The first kappa shape index (κ1) is 11.9. The summed E-state index contributed by atoms with van der Waals surface area (Å²) in [6.45, 7) is 6.70. The molecule has 0 aliphatic carbocycles. The summed E-state index contributed by atoms with van der Waals surface area (Å²) < 4.78 is 1.16. The zero-order valence-corrected chi connectivity index (χ0v) is 11.5. The predicted molar refractivity (Wildman–Crippen MR) is 73.0 cm³/mol. The Labute approximate surface area is 106 Å². The molecular weight excluding hydrogens is 264 g/mol. The van der Waals surface area contributed by atoms with E-state index in [1.165, 1.54) is 12.1 Å². The van der Waals surface area contributed by atoms with Crippen LogP contribution in [0, 0.1) is 0 Å². The maximum Gasteiger partial charge on any atom is 0.0387 e. The van der Waals surface area contributed by atoms with E-state index in [4.69, 9.17) is 0 Å². The van der Waals surface area contributed by atoms with Gasteiger partial charge in [0.05, 0.1) is 0 Å². The number of rotatable bonds is 2. The van der Waals surface area contributed by atoms with Gasteiger partial charge in [-0.2, -0.15) is 0 Å². The predicted octanol–water partition coefficient (Wildman–Crippen LogP) is 3.03. The number of piperazine rings is 1. The molecular formula is C13H19BrN2. The van der Waals surface area contributed by atoms with Gasteiger partial charge in [-0.05, 0) is 31.5 Å². The van der Waals surface area contributed by atoms with Gasteiger partial charge in [0.25, 0.3) is 0 Å². The molecule has 0 amide bonds. The van der Waals surface area contributed by atoms with Gasteiger partial charge in [-0.1, -0.05) is 28.9 Å². The van der Waals surface area contributed by atoms with Crippen molar-refractivity contribution in [3.05, 3.63) is 28.7 Å². The van der Waals surface area contributed by atoms with Crippen LogP contribution in [0.2, 0.25) is 0 Å². The molecule has 2 rings (SSSR count). The third-order valence-corrected chi connectivity index (χ3v) is 3.78. The van der Waals surface area contributed by atoms with Gasteiger partial charge >= 0.3 is 0 Å². The highest BCUT2D eigenvalue weighted by Gasteiger charge is 2.23. The molecule has 2 unspecified atom stereocenters. The van der Waals surface area contributed by atoms with E-state index < -0.39 is 0 Å². The van der Waals surface area contributed by atoms with Crippen LogP contribution in [0.3, 0.4) is 0 Å². The Balaban J connectivity index is 2.17. The first-order valence-electron chi connectivity index (χ1n) is 5.96. The van der Waals surface area contributed by atoms with Crippen LogP contribution in [0.5, 0.6) is 0 Å². The minimum atomic E-state index is 0.567. The topological polar surface area (TPSA) is 15.3 Å². The Kier molecular flexibility index (Phi) is 3.87. The molecule has 16 heavy (non-hydrogen) atoms. The van der Waals surface area contributed by atoms with Crippen LogP contribution in [0.25, 0.3) is 0 Å². The third-order valence-electron chi connectivity index (χ3n) is 3.28. The van der Waals surface area contributed by atoms with Crippen LogP contribution < -0.4 is 10.2 Å². The molecule has 1 aromatic rings. The highest BCUT2D eigenvalue weighted by atomic mass is 79.9. The van der Waals surface area contributed by atoms with Gasteiger partial charge in [0, 0.05) is 35.3 Å². The molecule has 0 aromatic heterocycles. The second-order valence-corrected chi connectivity index (χ2v) is 5.41. The SMILES string of the molecule is CCC1CN(c2cccc(Br)c2)C(C)CN1. The normalized spacial score (nSPS) is 25.8. The summed E-state index contributed by atoms with van der Waals surface area (Å²) in [6, 6.07) is 9.77. The molecule has 1 aliphatic rings. The molecule has 0 spiro atoms. The standard InChI is InChI=1S/C13H19BrN2/c1-3-12-9-16(10(2)8-15-12)13-6-4-5-11(14)7-13/h4-7,10,12,15H,3,8-9H2,1-2H3. The van der Waals surface area contributed by atoms with Crippen molar-refractivity contribution in [1.29, 1.82) is 0 Å². The summed E-state index contributed by atoms with van der Waals surface area (Å²) in [5, 5.41) is 3.58. The molecule has 0 saturated carbocycles. The molecule has 2 atom stereocenters. The average Bonchev–Trinajstić information content (AvgIpc) is 2.30. The number of nitrogens with one attached hydrogen (secondary N) is 1. The quantitative estimate of drug-likeness (QED) is 0.897. The lowest BCUT2D eigenvalue weighted by Crippen LogP contribution is -2.55. The first-order valence-corrected chi connectivity index (χ1v) is 6.75. The van der Waals surface area contributed by atoms with E-state index >= 15 is 0 Å². The number of nitrogens with zero attached hydrogens (tertiary/aromatic N) is 1. The number of hydrogen-bond donors (Lipinski definition) is 1. The Morgan fingerprint density at radius 1 is 1.50 bits per heavy atom. The maximum absolute atomic E-state index is 3.58. The van der Waals surface area contributed by atoms with E-state index in [0.717, 1.165) is 17.6 Å². The maximum atomic E-state index is 3.58. The van der Waals surface area contributed by atoms with Crippen molar-refractivity contribution in [2.45, 2.75) is 32.4 Å². The van der Waals surface area contributed by atoms with Crippen LogP contribution in [-0.4, -0.2) is 25.2 Å². The van der Waals surface area contributed by atoms with Gasteiger partial charge in [0.1, 0.15) is 0 Å². The Hall–Kier alpha value is -0.540. The molecule has 1 aliphatic heterocycles. The third kappa shape index (κ3) is 2.58. The van der Waals surface area contributed by atoms with E-state index in [1.807, 2.05) is 0 Å². The zero-order valence-electron chi connectivity index (χ0n) is 9.91. The summed E-state index contributed by atoms with van der Waals surface area (Å²) in [6.07, 6.45) is 1.19. The summed E-state index contributed by atoms with van der Waals surface area (Å²) >= 11 is 3.54. The average molecular weight is 283 g/mol. The van der Waals surface area contributed by atoms with Crippen LogP contribution in [-0.2, 0) is 0 Å². The molecule has 1 heterocycles. The van der Waals surface area contributed by atoms with Crippen molar-refractivity contribution in [3.63, 3.8) is 0 Å². The van der Waals surface area contributed by atoms with Gasteiger partial charge in [-0.25, -0.2) is 0 Å². The Morgan fingerprint density at radius 3 is 3.00 bits per heavy atom. The zero-order chi connectivity index (χ0) is 11.5. The molecule has 2 nitrogen and oxygen atoms in total. The van der Waals surface area contributed by atoms with Crippen LogP contribution in [0.4, 0.5) is 5.69 Å². The van der Waals surface area contributed by atoms with Crippen molar-refractivity contribution in [1.82, 2.24) is 5.32 Å². The number of hydrogen-bond acceptors (Lipinski definition) is 2. The first-order chi connectivity index (χ1) is 7.70. The monoisotopic (exact) mass is 282 g/mol. The molecule has 0 radical (unpaired) electrons. The second-order valence-electron chi connectivity index (χ2n) is 4.49. The molecule has 1 aromatic carbocycles. The minimum Gasteiger partial charge on any atom is -0.366 e. The summed E-state index contributed by atoms with van der Waals surface area (Å²) in [5.74, 6) is 0. The Morgan fingerprint density at radius 2 is 2.31 bits per heavy atom. The highest BCUT2D eigenvalue weighted by molar-refractivity contribution is 9.10. The van der Waals surface area contributed by atoms with Gasteiger partial charge in [-0.3, -0.25) is 0 Å². The van der Waals surface area contributed by atoms with Gasteiger partial charge in [0.15, 0.2) is 0 Å². The minimum absolute atomic E-state index is 0.567. The largest absolute Gasteiger partial charge is 0.366 e. The Bertz CT molecular complexity index is 354. The van der Waals surface area contributed by atoms with Gasteiger partial charge in [-0.15, -0.1) is 0 Å². The number of benzene rings is 1.